The number of ether oxygens (including phenoxy) is 1. The molecule has 3 N–H and O–H groups in total. The van der Waals surface area contributed by atoms with Crippen LogP contribution in [0, 0.1) is 0 Å². The molecule has 1 aromatic carbocycles. The van der Waals surface area contributed by atoms with E-state index in [1.807, 2.05) is 6.92 Å². The lowest BCUT2D eigenvalue weighted by atomic mass is 10.1. The van der Waals surface area contributed by atoms with Gasteiger partial charge in [-0.1, -0.05) is 23.8 Å². The Morgan fingerprint density at radius 3 is 2.81 bits per heavy atom. The van der Waals surface area contributed by atoms with Gasteiger partial charge in [0.1, 0.15) is 4.99 Å². The first-order valence-corrected chi connectivity index (χ1v) is 8.80. The van der Waals surface area contributed by atoms with Gasteiger partial charge in [0.05, 0.1) is 16.0 Å². The Labute approximate surface area is 134 Å². The van der Waals surface area contributed by atoms with Crippen LogP contribution in [0.25, 0.3) is 0 Å². The lowest BCUT2D eigenvalue weighted by Gasteiger charge is -2.27. The average molecular weight is 349 g/mol. The number of halogens is 1. The Hall–Kier alpha value is -0.730. The zero-order valence-corrected chi connectivity index (χ0v) is 13.9. The summed E-state index contributed by atoms with van der Waals surface area (Å²) in [6, 6.07) is 4.20. The van der Waals surface area contributed by atoms with Crippen LogP contribution in [0.3, 0.4) is 0 Å². The van der Waals surface area contributed by atoms with Crippen molar-refractivity contribution in [1.29, 1.82) is 0 Å². The third-order valence-corrected chi connectivity index (χ3v) is 5.37. The van der Waals surface area contributed by atoms with Crippen LogP contribution < -0.4 is 10.5 Å². The zero-order chi connectivity index (χ0) is 15.6. The van der Waals surface area contributed by atoms with Crippen LogP contribution >= 0.6 is 23.8 Å². The second-order valence-corrected chi connectivity index (χ2v) is 7.59. The normalized spacial score (nSPS) is 23.0. The van der Waals surface area contributed by atoms with E-state index in [0.29, 0.717) is 25.0 Å². The SMILES string of the molecule is CC1CC(NS(=O)(=O)c2ccc(C(N)=S)c(Cl)c2)CCO1. The molecule has 0 amide bonds. The van der Waals surface area contributed by atoms with Gasteiger partial charge in [0.25, 0.3) is 0 Å². The fourth-order valence-electron chi connectivity index (χ4n) is 2.26. The van der Waals surface area contributed by atoms with Crippen molar-refractivity contribution < 1.29 is 13.2 Å². The first kappa shape index (κ1) is 16.6. The van der Waals surface area contributed by atoms with E-state index in [9.17, 15) is 8.42 Å². The van der Waals surface area contributed by atoms with Crippen LogP contribution in [0.2, 0.25) is 5.02 Å². The molecule has 1 heterocycles. The highest BCUT2D eigenvalue weighted by Gasteiger charge is 2.25. The molecule has 2 unspecified atom stereocenters. The minimum atomic E-state index is -3.62. The fourth-order valence-corrected chi connectivity index (χ4v) is 4.15. The Morgan fingerprint density at radius 2 is 2.24 bits per heavy atom. The van der Waals surface area contributed by atoms with E-state index in [1.165, 1.54) is 18.2 Å². The van der Waals surface area contributed by atoms with Gasteiger partial charge in [-0.25, -0.2) is 13.1 Å². The molecule has 1 aliphatic heterocycles. The minimum Gasteiger partial charge on any atom is -0.389 e. The van der Waals surface area contributed by atoms with E-state index < -0.39 is 10.0 Å². The van der Waals surface area contributed by atoms with Crippen LogP contribution in [0.1, 0.15) is 25.3 Å². The Morgan fingerprint density at radius 1 is 1.52 bits per heavy atom. The summed E-state index contributed by atoms with van der Waals surface area (Å²) in [6.45, 7) is 2.48. The van der Waals surface area contributed by atoms with Gasteiger partial charge in [-0.2, -0.15) is 0 Å². The molecule has 1 saturated heterocycles. The van der Waals surface area contributed by atoms with Gasteiger partial charge in [0.15, 0.2) is 0 Å². The smallest absolute Gasteiger partial charge is 0.240 e. The largest absolute Gasteiger partial charge is 0.389 e. The molecule has 116 valence electrons. The van der Waals surface area contributed by atoms with Gasteiger partial charge in [-0.15, -0.1) is 0 Å². The number of nitrogens with two attached hydrogens (primary N) is 1. The van der Waals surface area contributed by atoms with E-state index in [2.05, 4.69) is 4.72 Å². The van der Waals surface area contributed by atoms with Crippen LogP contribution in [0.4, 0.5) is 0 Å². The molecule has 8 heteroatoms. The summed E-state index contributed by atoms with van der Waals surface area (Å²) < 4.78 is 32.8. The summed E-state index contributed by atoms with van der Waals surface area (Å²) >= 11 is 10.9. The summed E-state index contributed by atoms with van der Waals surface area (Å²) in [5.74, 6) is 0. The maximum Gasteiger partial charge on any atom is 0.240 e. The molecule has 1 aromatic rings. The van der Waals surface area contributed by atoms with E-state index >= 15 is 0 Å². The number of hydrogen-bond acceptors (Lipinski definition) is 4. The predicted octanol–water partition coefficient (Wildman–Crippen LogP) is 1.82. The number of hydrogen-bond donors (Lipinski definition) is 2. The molecule has 5 nitrogen and oxygen atoms in total. The van der Waals surface area contributed by atoms with E-state index in [-0.39, 0.29) is 27.1 Å². The van der Waals surface area contributed by atoms with Crippen molar-refractivity contribution in [2.24, 2.45) is 5.73 Å². The van der Waals surface area contributed by atoms with Gasteiger partial charge in [0, 0.05) is 18.2 Å². The van der Waals surface area contributed by atoms with Crippen molar-refractivity contribution in [2.45, 2.75) is 36.8 Å². The molecule has 0 radical (unpaired) electrons. The highest BCUT2D eigenvalue weighted by Crippen LogP contribution is 2.22. The maximum atomic E-state index is 12.4. The van der Waals surface area contributed by atoms with Crippen LogP contribution in [0.5, 0.6) is 0 Å². The fraction of sp³-hybridized carbons (Fsp3) is 0.462. The molecule has 21 heavy (non-hydrogen) atoms. The third kappa shape index (κ3) is 4.14. The highest BCUT2D eigenvalue weighted by atomic mass is 35.5. The van der Waals surface area contributed by atoms with E-state index in [0.717, 1.165) is 0 Å². The summed E-state index contributed by atoms with van der Waals surface area (Å²) in [4.78, 5) is 0.238. The van der Waals surface area contributed by atoms with Crippen molar-refractivity contribution in [3.8, 4) is 0 Å². The molecule has 1 aliphatic rings. The molecule has 0 aliphatic carbocycles. The third-order valence-electron chi connectivity index (χ3n) is 3.32. The molecule has 2 atom stereocenters. The molecule has 2 rings (SSSR count). The van der Waals surface area contributed by atoms with Gasteiger partial charge in [-0.05, 0) is 38.0 Å². The summed E-state index contributed by atoms with van der Waals surface area (Å²) in [5, 5.41) is 0.228. The van der Waals surface area contributed by atoms with E-state index in [1.54, 1.807) is 0 Å². The summed E-state index contributed by atoms with van der Waals surface area (Å²) in [7, 11) is -3.62. The standard InChI is InChI=1S/C13H17ClN2O3S2/c1-8-6-9(4-5-19-8)16-21(17,18)10-2-3-11(13(15)20)12(14)7-10/h2-3,7-9,16H,4-6H2,1H3,(H2,15,20). The molecule has 0 spiro atoms. The lowest BCUT2D eigenvalue weighted by molar-refractivity contribution is 0.0173. The molecule has 0 bridgehead atoms. The molecule has 1 fully saturated rings. The number of benzene rings is 1. The molecular weight excluding hydrogens is 332 g/mol. The van der Waals surface area contributed by atoms with Crippen molar-refractivity contribution in [3.05, 3.63) is 28.8 Å². The monoisotopic (exact) mass is 348 g/mol. The van der Waals surface area contributed by atoms with Gasteiger partial charge in [0.2, 0.25) is 10.0 Å². The Kier molecular flexibility index (Phi) is 5.21. The van der Waals surface area contributed by atoms with Gasteiger partial charge in [-0.3, -0.25) is 0 Å². The quantitative estimate of drug-likeness (QED) is 0.811. The molecule has 0 saturated carbocycles. The second kappa shape index (κ2) is 6.58. The van der Waals surface area contributed by atoms with Gasteiger partial charge >= 0.3 is 0 Å². The zero-order valence-electron chi connectivity index (χ0n) is 11.5. The first-order valence-electron chi connectivity index (χ1n) is 6.53. The highest BCUT2D eigenvalue weighted by molar-refractivity contribution is 7.89. The number of rotatable bonds is 4. The second-order valence-electron chi connectivity index (χ2n) is 5.03. The first-order chi connectivity index (χ1) is 9.79. The average Bonchev–Trinajstić information content (AvgIpc) is 2.37. The molecular formula is C13H17ClN2O3S2. The van der Waals surface area contributed by atoms with Crippen molar-refractivity contribution in [1.82, 2.24) is 4.72 Å². The maximum absolute atomic E-state index is 12.4. The van der Waals surface area contributed by atoms with E-state index in [4.69, 9.17) is 34.3 Å². The summed E-state index contributed by atoms with van der Waals surface area (Å²) in [5.41, 5.74) is 5.97. The number of thiocarbonyl (C=S) groups is 1. The summed E-state index contributed by atoms with van der Waals surface area (Å²) in [6.07, 6.45) is 1.35. The Bertz CT molecular complexity index is 649. The lowest BCUT2D eigenvalue weighted by Crippen LogP contribution is -2.41. The van der Waals surface area contributed by atoms with Gasteiger partial charge < -0.3 is 10.5 Å². The van der Waals surface area contributed by atoms with Crippen molar-refractivity contribution >= 4 is 38.8 Å². The van der Waals surface area contributed by atoms with Crippen LogP contribution in [-0.4, -0.2) is 32.2 Å². The number of sulfonamides is 1. The molecule has 0 aromatic heterocycles. The predicted molar refractivity (Wildman–Crippen MR) is 86.1 cm³/mol. The minimum absolute atomic E-state index is 0.0482. The van der Waals surface area contributed by atoms with Crippen molar-refractivity contribution in [2.75, 3.05) is 6.61 Å². The van der Waals surface area contributed by atoms with Crippen LogP contribution in [0.15, 0.2) is 23.1 Å². The topological polar surface area (TPSA) is 81.4 Å². The van der Waals surface area contributed by atoms with Crippen LogP contribution in [-0.2, 0) is 14.8 Å². The Balaban J connectivity index is 2.19. The van der Waals surface area contributed by atoms with Crippen molar-refractivity contribution in [3.63, 3.8) is 0 Å². The number of nitrogens with one attached hydrogen (secondary N) is 1.